The summed E-state index contributed by atoms with van der Waals surface area (Å²) >= 11 is 0. The topological polar surface area (TPSA) is 21.1 Å². The first kappa shape index (κ1) is 15.5. The normalized spacial score (nSPS) is 11.0. The van der Waals surface area contributed by atoms with Gasteiger partial charge in [0, 0.05) is 25.3 Å². The number of nitrogens with zero attached hydrogens (tertiary/aromatic N) is 3. The summed E-state index contributed by atoms with van der Waals surface area (Å²) in [6, 6.07) is 25.2. The molecule has 25 heavy (non-hydrogen) atoms. The molecule has 0 bridgehead atoms. The third-order valence-corrected chi connectivity index (χ3v) is 4.77. The summed E-state index contributed by atoms with van der Waals surface area (Å²) in [5.74, 6) is 0.984. The molecular weight excluding hydrogens is 306 g/mol. The third kappa shape index (κ3) is 2.58. The van der Waals surface area contributed by atoms with E-state index in [4.69, 9.17) is 4.98 Å². The van der Waals surface area contributed by atoms with Crippen LogP contribution in [0.5, 0.6) is 0 Å². The number of fused-ring (bicyclic) bond motifs is 1. The molecule has 0 spiro atoms. The van der Waals surface area contributed by atoms with Gasteiger partial charge in [-0.3, -0.25) is 0 Å². The fraction of sp³-hybridized carbons (Fsp3) is 0.136. The van der Waals surface area contributed by atoms with Crippen LogP contribution in [0.25, 0.3) is 22.4 Å². The van der Waals surface area contributed by atoms with Gasteiger partial charge in [0.1, 0.15) is 5.82 Å². The average Bonchev–Trinajstić information content (AvgIpc) is 2.98. The zero-order valence-electron chi connectivity index (χ0n) is 14.8. The molecule has 0 unspecified atom stereocenters. The number of imidazole rings is 1. The van der Waals surface area contributed by atoms with Crippen molar-refractivity contribution in [1.82, 2.24) is 9.55 Å². The molecular formula is C22H21N3. The summed E-state index contributed by atoms with van der Waals surface area (Å²) in [6.45, 7) is 2.14. The zero-order chi connectivity index (χ0) is 17.4. The average molecular weight is 327 g/mol. The molecule has 0 aliphatic heterocycles. The maximum Gasteiger partial charge on any atom is 0.142 e. The van der Waals surface area contributed by atoms with Crippen molar-refractivity contribution in [3.05, 3.63) is 78.4 Å². The number of para-hydroxylation sites is 4. The largest absolute Gasteiger partial charge is 0.344 e. The molecule has 0 amide bonds. The zero-order valence-corrected chi connectivity index (χ0v) is 14.8. The van der Waals surface area contributed by atoms with Crippen molar-refractivity contribution in [2.45, 2.75) is 6.92 Å². The first-order valence-electron chi connectivity index (χ1n) is 8.47. The van der Waals surface area contributed by atoms with Crippen LogP contribution in [-0.2, 0) is 7.05 Å². The highest BCUT2D eigenvalue weighted by Gasteiger charge is 2.16. The van der Waals surface area contributed by atoms with Crippen LogP contribution in [-0.4, -0.2) is 16.6 Å². The SMILES string of the molecule is Cc1ccccc1N(C)c1ccccc1-c1nc2ccccc2n1C. The standard InChI is InChI=1S/C22H21N3/c1-16-10-4-7-13-19(16)24(2)20-14-8-5-11-17(20)22-23-18-12-6-9-15-21(18)25(22)3/h4-15H,1-3H3. The molecule has 3 heteroatoms. The van der Waals surface area contributed by atoms with E-state index in [1.54, 1.807) is 0 Å². The smallest absolute Gasteiger partial charge is 0.142 e. The second-order valence-corrected chi connectivity index (χ2v) is 6.35. The minimum absolute atomic E-state index is 0.984. The highest BCUT2D eigenvalue weighted by Crippen LogP contribution is 2.35. The molecule has 0 N–H and O–H groups in total. The monoisotopic (exact) mass is 327 g/mol. The Labute approximate surface area is 148 Å². The molecule has 0 saturated carbocycles. The van der Waals surface area contributed by atoms with E-state index in [1.165, 1.54) is 11.3 Å². The highest BCUT2D eigenvalue weighted by atomic mass is 15.1. The van der Waals surface area contributed by atoms with Crippen LogP contribution in [0, 0.1) is 6.92 Å². The van der Waals surface area contributed by atoms with Crippen LogP contribution in [0.4, 0.5) is 11.4 Å². The minimum atomic E-state index is 0.984. The van der Waals surface area contributed by atoms with Crippen LogP contribution < -0.4 is 4.90 Å². The van der Waals surface area contributed by atoms with E-state index >= 15 is 0 Å². The Bertz CT molecular complexity index is 1050. The number of rotatable bonds is 3. The fourth-order valence-electron chi connectivity index (χ4n) is 3.41. The van der Waals surface area contributed by atoms with E-state index in [9.17, 15) is 0 Å². The Balaban J connectivity index is 1.89. The third-order valence-electron chi connectivity index (χ3n) is 4.77. The van der Waals surface area contributed by atoms with Gasteiger partial charge in [0.25, 0.3) is 0 Å². The van der Waals surface area contributed by atoms with Crippen molar-refractivity contribution in [3.63, 3.8) is 0 Å². The van der Waals surface area contributed by atoms with Gasteiger partial charge >= 0.3 is 0 Å². The van der Waals surface area contributed by atoms with E-state index in [0.717, 1.165) is 28.1 Å². The van der Waals surface area contributed by atoms with Gasteiger partial charge < -0.3 is 9.47 Å². The summed E-state index contributed by atoms with van der Waals surface area (Å²) in [4.78, 5) is 7.12. The molecule has 4 rings (SSSR count). The predicted octanol–water partition coefficient (Wildman–Crippen LogP) is 5.32. The Morgan fingerprint density at radius 1 is 0.800 bits per heavy atom. The lowest BCUT2D eigenvalue weighted by molar-refractivity contribution is 0.958. The summed E-state index contributed by atoms with van der Waals surface area (Å²) in [7, 11) is 4.19. The summed E-state index contributed by atoms with van der Waals surface area (Å²) in [6.07, 6.45) is 0. The number of aromatic nitrogens is 2. The van der Waals surface area contributed by atoms with Gasteiger partial charge in [-0.1, -0.05) is 42.5 Å². The Morgan fingerprint density at radius 3 is 2.20 bits per heavy atom. The van der Waals surface area contributed by atoms with Gasteiger partial charge in [0.15, 0.2) is 0 Å². The lowest BCUT2D eigenvalue weighted by Crippen LogP contribution is -2.12. The van der Waals surface area contributed by atoms with E-state index in [1.807, 2.05) is 6.07 Å². The number of hydrogen-bond acceptors (Lipinski definition) is 2. The molecule has 1 aromatic heterocycles. The molecule has 1 heterocycles. The molecule has 0 aliphatic rings. The second-order valence-electron chi connectivity index (χ2n) is 6.35. The summed E-state index contributed by atoms with van der Waals surface area (Å²) in [5.41, 5.74) is 6.90. The van der Waals surface area contributed by atoms with Crippen LogP contribution in [0.15, 0.2) is 72.8 Å². The van der Waals surface area contributed by atoms with E-state index in [-0.39, 0.29) is 0 Å². The van der Waals surface area contributed by atoms with Gasteiger partial charge in [0.05, 0.1) is 16.7 Å². The van der Waals surface area contributed by atoms with Crippen molar-refractivity contribution in [2.75, 3.05) is 11.9 Å². The molecule has 0 atom stereocenters. The van der Waals surface area contributed by atoms with E-state index in [0.29, 0.717) is 0 Å². The molecule has 124 valence electrons. The van der Waals surface area contributed by atoms with Crippen molar-refractivity contribution in [2.24, 2.45) is 7.05 Å². The number of benzene rings is 3. The van der Waals surface area contributed by atoms with Gasteiger partial charge in [-0.15, -0.1) is 0 Å². The van der Waals surface area contributed by atoms with Crippen LogP contribution in [0.3, 0.4) is 0 Å². The fourth-order valence-corrected chi connectivity index (χ4v) is 3.41. The van der Waals surface area contributed by atoms with Gasteiger partial charge in [-0.25, -0.2) is 4.98 Å². The summed E-state index contributed by atoms with van der Waals surface area (Å²) < 4.78 is 2.17. The Hall–Kier alpha value is -3.07. The minimum Gasteiger partial charge on any atom is -0.344 e. The van der Waals surface area contributed by atoms with Crippen LogP contribution in [0.1, 0.15) is 5.56 Å². The predicted molar refractivity (Wildman–Crippen MR) is 105 cm³/mol. The Morgan fingerprint density at radius 2 is 1.44 bits per heavy atom. The van der Waals surface area contributed by atoms with Crippen LogP contribution >= 0.6 is 0 Å². The number of anilines is 2. The molecule has 3 aromatic carbocycles. The van der Waals surface area contributed by atoms with Crippen molar-refractivity contribution < 1.29 is 0 Å². The highest BCUT2D eigenvalue weighted by molar-refractivity contribution is 5.86. The van der Waals surface area contributed by atoms with E-state index < -0.39 is 0 Å². The summed E-state index contributed by atoms with van der Waals surface area (Å²) in [5, 5.41) is 0. The molecule has 0 aliphatic carbocycles. The second kappa shape index (κ2) is 6.10. The van der Waals surface area contributed by atoms with Crippen molar-refractivity contribution >= 4 is 22.4 Å². The Kier molecular flexibility index (Phi) is 3.77. The molecule has 0 saturated heterocycles. The van der Waals surface area contributed by atoms with Crippen LogP contribution in [0.2, 0.25) is 0 Å². The van der Waals surface area contributed by atoms with Crippen molar-refractivity contribution in [3.8, 4) is 11.4 Å². The molecule has 0 radical (unpaired) electrons. The van der Waals surface area contributed by atoms with Gasteiger partial charge in [-0.05, 0) is 42.8 Å². The first-order chi connectivity index (χ1) is 12.2. The quantitative estimate of drug-likeness (QED) is 0.508. The molecule has 3 nitrogen and oxygen atoms in total. The van der Waals surface area contributed by atoms with E-state index in [2.05, 4.69) is 97.2 Å². The lowest BCUT2D eigenvalue weighted by Gasteiger charge is -2.24. The number of hydrogen-bond donors (Lipinski definition) is 0. The van der Waals surface area contributed by atoms with Gasteiger partial charge in [-0.2, -0.15) is 0 Å². The maximum absolute atomic E-state index is 4.88. The molecule has 4 aromatic rings. The van der Waals surface area contributed by atoms with Gasteiger partial charge in [0.2, 0.25) is 0 Å². The molecule has 0 fully saturated rings. The number of aryl methyl sites for hydroxylation is 2. The maximum atomic E-state index is 4.88. The van der Waals surface area contributed by atoms with Crippen molar-refractivity contribution in [1.29, 1.82) is 0 Å². The lowest BCUT2D eigenvalue weighted by atomic mass is 10.1. The first-order valence-corrected chi connectivity index (χ1v) is 8.47.